The minimum Gasteiger partial charge on any atom is -0.383 e. The summed E-state index contributed by atoms with van der Waals surface area (Å²) in [7, 11) is 0. The maximum atomic E-state index is 13.6. The third-order valence-electron chi connectivity index (χ3n) is 5.30. The topological polar surface area (TPSA) is 121 Å². The lowest BCUT2D eigenvalue weighted by atomic mass is 10.1. The van der Waals surface area contributed by atoms with Gasteiger partial charge in [0, 0.05) is 37.3 Å². The summed E-state index contributed by atoms with van der Waals surface area (Å²) < 4.78 is 1.29. The average Bonchev–Trinajstić information content (AvgIpc) is 3.15. The molecule has 2 heterocycles. The van der Waals surface area contributed by atoms with E-state index in [2.05, 4.69) is 4.98 Å². The fraction of sp³-hybridized carbons (Fsp3) is 0.478. The molecule has 172 valence electrons. The molecule has 0 saturated carbocycles. The number of nitrogens with two attached hydrogens (primary N) is 1. The summed E-state index contributed by atoms with van der Waals surface area (Å²) in [5.41, 5.74) is 5.92. The fourth-order valence-electron chi connectivity index (χ4n) is 3.91. The number of nitrogens with one attached hydrogen (secondary N) is 1. The lowest BCUT2D eigenvalue weighted by Crippen LogP contribution is -2.43. The number of nitrogens with zero attached hydrogens (tertiary/aromatic N) is 3. The van der Waals surface area contributed by atoms with Crippen LogP contribution >= 0.6 is 0 Å². The number of anilines is 3. The van der Waals surface area contributed by atoms with Gasteiger partial charge >= 0.3 is 5.69 Å². The van der Waals surface area contributed by atoms with Crippen molar-refractivity contribution in [3.8, 4) is 0 Å². The number of nitrogen functional groups attached to an aromatic ring is 1. The summed E-state index contributed by atoms with van der Waals surface area (Å²) >= 11 is 0. The zero-order valence-electron chi connectivity index (χ0n) is 19.1. The van der Waals surface area contributed by atoms with Crippen LogP contribution in [0.1, 0.15) is 50.9 Å². The van der Waals surface area contributed by atoms with Gasteiger partial charge < -0.3 is 15.5 Å². The Morgan fingerprint density at radius 1 is 1.16 bits per heavy atom. The summed E-state index contributed by atoms with van der Waals surface area (Å²) in [4.78, 5) is 56.1. The number of amides is 2. The van der Waals surface area contributed by atoms with Crippen LogP contribution in [0.15, 0.2) is 33.9 Å². The van der Waals surface area contributed by atoms with Crippen molar-refractivity contribution in [3.63, 3.8) is 0 Å². The Morgan fingerprint density at radius 3 is 2.47 bits per heavy atom. The monoisotopic (exact) mass is 441 g/mol. The van der Waals surface area contributed by atoms with Crippen LogP contribution in [0.5, 0.6) is 0 Å². The summed E-state index contributed by atoms with van der Waals surface area (Å²) in [6.45, 7) is 8.86. The van der Waals surface area contributed by atoms with Gasteiger partial charge in [0.1, 0.15) is 5.82 Å². The van der Waals surface area contributed by atoms with E-state index in [4.69, 9.17) is 5.73 Å². The average molecular weight is 442 g/mol. The van der Waals surface area contributed by atoms with Crippen LogP contribution in [-0.4, -0.2) is 34.5 Å². The van der Waals surface area contributed by atoms with Crippen molar-refractivity contribution in [2.24, 2.45) is 11.8 Å². The van der Waals surface area contributed by atoms with Crippen molar-refractivity contribution in [1.29, 1.82) is 0 Å². The van der Waals surface area contributed by atoms with Gasteiger partial charge in [0.15, 0.2) is 5.69 Å². The van der Waals surface area contributed by atoms with Crippen molar-refractivity contribution >= 4 is 29.0 Å². The minimum absolute atomic E-state index is 0.0232. The zero-order valence-corrected chi connectivity index (χ0v) is 19.1. The zero-order chi connectivity index (χ0) is 23.6. The molecule has 1 saturated heterocycles. The summed E-state index contributed by atoms with van der Waals surface area (Å²) in [6, 6.07) is 6.81. The molecule has 3 N–H and O–H groups in total. The van der Waals surface area contributed by atoms with Gasteiger partial charge in [0.2, 0.25) is 5.91 Å². The van der Waals surface area contributed by atoms with Crippen molar-refractivity contribution < 1.29 is 9.59 Å². The first-order chi connectivity index (χ1) is 15.1. The number of hydrogen-bond donors (Lipinski definition) is 2. The standard InChI is InChI=1S/C23H31N5O4/c1-14(2)12-27(19-20(24)28(13-15(3)4)23(32)25-21(19)30)22(31)16-7-5-8-17(11-16)26-10-6-9-18(26)29/h5,7-8,11,14-15H,6,9-10,12-13,24H2,1-4H3,(H,25,30,32). The van der Waals surface area contributed by atoms with Crippen molar-refractivity contribution in [2.75, 3.05) is 28.6 Å². The largest absolute Gasteiger partial charge is 0.383 e. The molecule has 0 atom stereocenters. The second-order valence-electron chi connectivity index (χ2n) is 9.01. The molecule has 9 heteroatoms. The third kappa shape index (κ3) is 4.76. The van der Waals surface area contributed by atoms with E-state index in [0.29, 0.717) is 30.8 Å². The van der Waals surface area contributed by atoms with Gasteiger partial charge in [-0.05, 0) is 36.5 Å². The molecule has 32 heavy (non-hydrogen) atoms. The van der Waals surface area contributed by atoms with E-state index in [1.165, 1.54) is 9.47 Å². The Morgan fingerprint density at radius 2 is 1.88 bits per heavy atom. The highest BCUT2D eigenvalue weighted by atomic mass is 16.2. The molecule has 0 bridgehead atoms. The normalized spacial score (nSPS) is 13.9. The molecule has 1 aromatic heterocycles. The molecule has 2 aromatic rings. The molecular formula is C23H31N5O4. The second-order valence-corrected chi connectivity index (χ2v) is 9.01. The molecule has 2 amide bonds. The Balaban J connectivity index is 2.08. The molecule has 0 radical (unpaired) electrons. The first-order valence-electron chi connectivity index (χ1n) is 10.9. The number of hydrogen-bond acceptors (Lipinski definition) is 5. The summed E-state index contributed by atoms with van der Waals surface area (Å²) in [6.07, 6.45) is 1.26. The van der Waals surface area contributed by atoms with E-state index >= 15 is 0 Å². The maximum absolute atomic E-state index is 13.6. The van der Waals surface area contributed by atoms with Gasteiger partial charge in [0.25, 0.3) is 11.5 Å². The van der Waals surface area contributed by atoms with E-state index in [9.17, 15) is 19.2 Å². The SMILES string of the molecule is CC(C)CN(C(=O)c1cccc(N2CCCC2=O)c1)c1c(N)n(CC(C)C)c(=O)[nH]c1=O. The van der Waals surface area contributed by atoms with Crippen LogP contribution in [0, 0.1) is 11.8 Å². The predicted molar refractivity (Wildman–Crippen MR) is 125 cm³/mol. The van der Waals surface area contributed by atoms with E-state index in [0.717, 1.165) is 6.42 Å². The second kappa shape index (κ2) is 9.42. The Hall–Kier alpha value is -3.36. The van der Waals surface area contributed by atoms with Gasteiger partial charge in [-0.25, -0.2) is 4.79 Å². The van der Waals surface area contributed by atoms with Crippen molar-refractivity contribution in [1.82, 2.24) is 9.55 Å². The van der Waals surface area contributed by atoms with Crippen molar-refractivity contribution in [3.05, 3.63) is 50.7 Å². The van der Waals surface area contributed by atoms with Gasteiger partial charge in [-0.2, -0.15) is 0 Å². The van der Waals surface area contributed by atoms with Crippen molar-refractivity contribution in [2.45, 2.75) is 47.1 Å². The lowest BCUT2D eigenvalue weighted by Gasteiger charge is -2.27. The Bertz CT molecular complexity index is 1130. The minimum atomic E-state index is -0.701. The van der Waals surface area contributed by atoms with E-state index in [1.54, 1.807) is 29.2 Å². The lowest BCUT2D eigenvalue weighted by molar-refractivity contribution is -0.117. The van der Waals surface area contributed by atoms with Gasteiger partial charge in [-0.1, -0.05) is 33.8 Å². The molecular weight excluding hydrogens is 410 g/mol. The molecule has 3 rings (SSSR count). The van der Waals surface area contributed by atoms with Crippen LogP contribution in [-0.2, 0) is 11.3 Å². The molecule has 1 fully saturated rings. The quantitative estimate of drug-likeness (QED) is 0.682. The number of rotatable bonds is 7. The maximum Gasteiger partial charge on any atom is 0.330 e. The molecule has 9 nitrogen and oxygen atoms in total. The molecule has 1 aliphatic rings. The number of aromatic amines is 1. The first kappa shape index (κ1) is 23.3. The fourth-order valence-corrected chi connectivity index (χ4v) is 3.91. The third-order valence-corrected chi connectivity index (χ3v) is 5.30. The number of aromatic nitrogens is 2. The van der Waals surface area contributed by atoms with E-state index in [-0.39, 0.29) is 35.8 Å². The Kier molecular flexibility index (Phi) is 6.86. The highest BCUT2D eigenvalue weighted by Gasteiger charge is 2.28. The van der Waals surface area contributed by atoms with E-state index in [1.807, 2.05) is 27.7 Å². The van der Waals surface area contributed by atoms with Crippen LogP contribution in [0.3, 0.4) is 0 Å². The van der Waals surface area contributed by atoms with Crippen LogP contribution in [0.25, 0.3) is 0 Å². The number of carbonyl (C=O) groups is 2. The van der Waals surface area contributed by atoms with Crippen LogP contribution in [0.4, 0.5) is 17.2 Å². The van der Waals surface area contributed by atoms with Gasteiger partial charge in [-0.3, -0.25) is 23.9 Å². The highest BCUT2D eigenvalue weighted by molar-refractivity contribution is 6.08. The molecule has 1 aromatic carbocycles. The van der Waals surface area contributed by atoms with Crippen LogP contribution in [0.2, 0.25) is 0 Å². The number of carbonyl (C=O) groups excluding carboxylic acids is 2. The first-order valence-corrected chi connectivity index (χ1v) is 10.9. The predicted octanol–water partition coefficient (Wildman–Crippen LogP) is 2.20. The highest BCUT2D eigenvalue weighted by Crippen LogP contribution is 2.25. The molecule has 0 unspecified atom stereocenters. The van der Waals surface area contributed by atoms with Gasteiger partial charge in [-0.15, -0.1) is 0 Å². The van der Waals surface area contributed by atoms with Gasteiger partial charge in [0.05, 0.1) is 0 Å². The molecule has 0 aliphatic carbocycles. The van der Waals surface area contributed by atoms with Crippen LogP contribution < -0.4 is 26.8 Å². The van der Waals surface area contributed by atoms with E-state index < -0.39 is 17.2 Å². The summed E-state index contributed by atoms with van der Waals surface area (Å²) in [5.74, 6) is -0.286. The molecule has 1 aliphatic heterocycles. The number of H-pyrrole nitrogens is 1. The Labute approximate surface area is 186 Å². The molecule has 0 spiro atoms. The summed E-state index contributed by atoms with van der Waals surface area (Å²) in [5, 5.41) is 0. The number of benzene rings is 1. The smallest absolute Gasteiger partial charge is 0.330 e.